The number of benzene rings is 2. The van der Waals surface area contributed by atoms with Gasteiger partial charge in [-0.2, -0.15) is 0 Å². The number of hydrogen-bond acceptors (Lipinski definition) is 5. The number of hydrogen-bond donors (Lipinski definition) is 2. The monoisotopic (exact) mass is 616 g/mol. The van der Waals surface area contributed by atoms with Crippen LogP contribution < -0.4 is 0 Å². The van der Waals surface area contributed by atoms with Gasteiger partial charge in [0.05, 0.1) is 21.9 Å². The van der Waals surface area contributed by atoms with Crippen molar-refractivity contribution in [2.45, 2.75) is 35.5 Å². The summed E-state index contributed by atoms with van der Waals surface area (Å²) in [4.78, 5) is 52.3. The smallest absolute Gasteiger partial charge is 0.308 e. The van der Waals surface area contributed by atoms with E-state index in [-0.39, 0.29) is 24.9 Å². The van der Waals surface area contributed by atoms with E-state index in [1.807, 2.05) is 24.3 Å². The molecule has 0 bridgehead atoms. The van der Waals surface area contributed by atoms with Crippen LogP contribution >= 0.6 is 35.0 Å². The van der Waals surface area contributed by atoms with Crippen molar-refractivity contribution in [1.82, 2.24) is 9.80 Å². The van der Waals surface area contributed by atoms with Gasteiger partial charge in [-0.05, 0) is 73.2 Å². The number of carbonyl (C=O) groups excluding carboxylic acids is 2. The molecule has 2 amide bonds. The Hall–Kier alpha value is -3.27. The Kier molecular flexibility index (Phi) is 10.5. The SMILES string of the molecule is O=C(O)C1CCCN(C(=O)/C=C/c2ccc(Sc3ccc(/C=C/C(=O)N4CCCC(C(=O)O)C4)cc3Cl)c(Cl)c2)C1. The zero-order valence-corrected chi connectivity index (χ0v) is 24.5. The molecule has 2 unspecified atom stereocenters. The quantitative estimate of drug-likeness (QED) is 0.359. The third-order valence-corrected chi connectivity index (χ3v) is 9.13. The number of carboxylic acids is 2. The van der Waals surface area contributed by atoms with Gasteiger partial charge in [0, 0.05) is 48.1 Å². The Bertz CT molecular complexity index is 1290. The lowest BCUT2D eigenvalue weighted by Crippen LogP contribution is -2.41. The van der Waals surface area contributed by atoms with Crippen LogP contribution in [0.2, 0.25) is 10.0 Å². The Labute approximate surface area is 252 Å². The fraction of sp³-hybridized carbons (Fsp3) is 0.333. The molecular formula is C30H30Cl2N2O6S. The van der Waals surface area contributed by atoms with Crippen LogP contribution in [0.3, 0.4) is 0 Å². The number of halogens is 2. The number of carboxylic acid groups (broad SMARTS) is 2. The van der Waals surface area contributed by atoms with Crippen molar-refractivity contribution in [1.29, 1.82) is 0 Å². The molecule has 11 heteroatoms. The highest BCUT2D eigenvalue weighted by Crippen LogP contribution is 2.38. The van der Waals surface area contributed by atoms with Crippen molar-refractivity contribution in [3.63, 3.8) is 0 Å². The van der Waals surface area contributed by atoms with Crippen molar-refractivity contribution in [3.8, 4) is 0 Å². The molecule has 2 atom stereocenters. The molecular weight excluding hydrogens is 587 g/mol. The van der Waals surface area contributed by atoms with E-state index >= 15 is 0 Å². The molecule has 2 aromatic carbocycles. The lowest BCUT2D eigenvalue weighted by Gasteiger charge is -2.29. The molecule has 2 saturated heterocycles. The van der Waals surface area contributed by atoms with Crippen molar-refractivity contribution < 1.29 is 29.4 Å². The average Bonchev–Trinajstić information content (AvgIpc) is 2.97. The molecule has 2 heterocycles. The van der Waals surface area contributed by atoms with Gasteiger partial charge in [0.2, 0.25) is 11.8 Å². The fourth-order valence-electron chi connectivity index (χ4n) is 4.83. The first kappa shape index (κ1) is 30.7. The van der Waals surface area contributed by atoms with Gasteiger partial charge in [-0.15, -0.1) is 0 Å². The molecule has 0 saturated carbocycles. The van der Waals surface area contributed by atoms with Gasteiger partial charge in [-0.1, -0.05) is 47.1 Å². The number of aliphatic carboxylic acids is 2. The Morgan fingerprint density at radius 2 is 1.15 bits per heavy atom. The van der Waals surface area contributed by atoms with E-state index in [0.29, 0.717) is 48.8 Å². The fourth-order valence-corrected chi connectivity index (χ4v) is 6.26. The van der Waals surface area contributed by atoms with Crippen LogP contribution in [0.1, 0.15) is 36.8 Å². The summed E-state index contributed by atoms with van der Waals surface area (Å²) in [6, 6.07) is 10.8. The highest BCUT2D eigenvalue weighted by molar-refractivity contribution is 7.99. The number of carbonyl (C=O) groups is 4. The Balaban J connectivity index is 1.35. The summed E-state index contributed by atoms with van der Waals surface area (Å²) in [6.07, 6.45) is 8.69. The molecule has 2 N–H and O–H groups in total. The molecule has 0 aliphatic carbocycles. The average molecular weight is 618 g/mol. The predicted octanol–water partition coefficient (Wildman–Crippen LogP) is 5.82. The molecule has 8 nitrogen and oxygen atoms in total. The summed E-state index contributed by atoms with van der Waals surface area (Å²) < 4.78 is 0. The normalized spacial score (nSPS) is 19.6. The maximum Gasteiger partial charge on any atom is 0.308 e. The minimum atomic E-state index is -0.877. The van der Waals surface area contributed by atoms with Crippen molar-refractivity contribution in [3.05, 3.63) is 69.7 Å². The van der Waals surface area contributed by atoms with Gasteiger partial charge in [-0.3, -0.25) is 19.2 Å². The van der Waals surface area contributed by atoms with Gasteiger partial charge >= 0.3 is 11.9 Å². The lowest BCUT2D eigenvalue weighted by atomic mass is 9.98. The lowest BCUT2D eigenvalue weighted by molar-refractivity contribution is -0.146. The summed E-state index contributed by atoms with van der Waals surface area (Å²) >= 11 is 14.4. The predicted molar refractivity (Wildman–Crippen MR) is 159 cm³/mol. The molecule has 4 rings (SSSR count). The minimum Gasteiger partial charge on any atom is -0.481 e. The third kappa shape index (κ3) is 8.38. The standard InChI is InChI=1S/C30H30Cl2N2O6S/c31-23-15-19(7-11-27(35)33-13-1-3-21(17-33)29(37)38)5-9-25(23)41-26-10-6-20(16-24(26)32)8-12-28(36)34-14-2-4-22(18-34)30(39)40/h5-12,15-16,21-22H,1-4,13-14,17-18H2,(H,37,38)(H,39,40)/b11-7+,12-8+. The molecule has 2 aliphatic rings. The zero-order chi connectivity index (χ0) is 29.5. The summed E-state index contributed by atoms with van der Waals surface area (Å²) in [5.74, 6) is -3.27. The van der Waals surface area contributed by atoms with Crippen LogP contribution in [-0.4, -0.2) is 69.9 Å². The van der Waals surface area contributed by atoms with E-state index in [1.165, 1.54) is 23.9 Å². The molecule has 41 heavy (non-hydrogen) atoms. The highest BCUT2D eigenvalue weighted by Gasteiger charge is 2.28. The Morgan fingerprint density at radius 1 is 0.732 bits per heavy atom. The molecule has 0 spiro atoms. The molecule has 0 aromatic heterocycles. The number of rotatable bonds is 8. The molecule has 216 valence electrons. The van der Waals surface area contributed by atoms with E-state index in [9.17, 15) is 29.4 Å². The first-order valence-corrected chi connectivity index (χ1v) is 14.8. The van der Waals surface area contributed by atoms with E-state index in [4.69, 9.17) is 23.2 Å². The van der Waals surface area contributed by atoms with Crippen molar-refractivity contribution >= 4 is 70.9 Å². The zero-order valence-electron chi connectivity index (χ0n) is 22.2. The summed E-state index contributed by atoms with van der Waals surface area (Å²) in [5.41, 5.74) is 1.47. The molecule has 2 aromatic rings. The first-order valence-electron chi connectivity index (χ1n) is 13.3. The second-order valence-electron chi connectivity index (χ2n) is 10.1. The topological polar surface area (TPSA) is 115 Å². The second kappa shape index (κ2) is 14.1. The number of piperidine rings is 2. The first-order chi connectivity index (χ1) is 19.6. The van der Waals surface area contributed by atoms with Crippen LogP contribution in [0.5, 0.6) is 0 Å². The largest absolute Gasteiger partial charge is 0.481 e. The van der Waals surface area contributed by atoms with E-state index in [1.54, 1.807) is 34.1 Å². The van der Waals surface area contributed by atoms with Gasteiger partial charge in [0.15, 0.2) is 0 Å². The van der Waals surface area contributed by atoms with Gasteiger partial charge < -0.3 is 20.0 Å². The third-order valence-electron chi connectivity index (χ3n) is 7.13. The highest BCUT2D eigenvalue weighted by atomic mass is 35.5. The minimum absolute atomic E-state index is 0.214. The molecule has 2 aliphatic heterocycles. The van der Waals surface area contributed by atoms with Crippen LogP contribution in [0.15, 0.2) is 58.3 Å². The summed E-state index contributed by atoms with van der Waals surface area (Å²) in [6.45, 7) is 1.51. The summed E-state index contributed by atoms with van der Waals surface area (Å²) in [7, 11) is 0. The van der Waals surface area contributed by atoms with Crippen LogP contribution in [0.25, 0.3) is 12.2 Å². The molecule has 2 fully saturated rings. The maximum absolute atomic E-state index is 12.5. The van der Waals surface area contributed by atoms with Crippen LogP contribution in [0, 0.1) is 11.8 Å². The van der Waals surface area contributed by atoms with E-state index in [0.717, 1.165) is 20.9 Å². The summed E-state index contributed by atoms with van der Waals surface area (Å²) in [5, 5.41) is 19.4. The van der Waals surface area contributed by atoms with Gasteiger partial charge in [0.25, 0.3) is 0 Å². The second-order valence-corrected chi connectivity index (χ2v) is 12.0. The van der Waals surface area contributed by atoms with E-state index in [2.05, 4.69) is 0 Å². The number of amides is 2. The number of likely N-dealkylation sites (tertiary alicyclic amines) is 2. The van der Waals surface area contributed by atoms with Crippen molar-refractivity contribution in [2.24, 2.45) is 11.8 Å². The van der Waals surface area contributed by atoms with Gasteiger partial charge in [-0.25, -0.2) is 0 Å². The maximum atomic E-state index is 12.5. The number of nitrogens with zero attached hydrogens (tertiary/aromatic N) is 2. The van der Waals surface area contributed by atoms with Gasteiger partial charge in [0.1, 0.15) is 0 Å². The molecule has 0 radical (unpaired) electrons. The van der Waals surface area contributed by atoms with E-state index < -0.39 is 23.8 Å². The Morgan fingerprint density at radius 3 is 1.51 bits per heavy atom. The van der Waals surface area contributed by atoms with Crippen molar-refractivity contribution in [2.75, 3.05) is 26.2 Å². The van der Waals surface area contributed by atoms with Crippen LogP contribution in [0.4, 0.5) is 0 Å². The van der Waals surface area contributed by atoms with Crippen LogP contribution in [-0.2, 0) is 19.2 Å².